The van der Waals surface area contributed by atoms with Gasteiger partial charge < -0.3 is 15.2 Å². The highest BCUT2D eigenvalue weighted by Gasteiger charge is 2.15. The number of aromatic nitrogens is 1. The maximum Gasteiger partial charge on any atom is 0.323 e. The molecule has 0 atom stereocenters. The summed E-state index contributed by atoms with van der Waals surface area (Å²) in [5.74, 6) is 0.744. The molecule has 1 saturated heterocycles. The van der Waals surface area contributed by atoms with Gasteiger partial charge in [0.05, 0.1) is 0 Å². The lowest BCUT2D eigenvalue weighted by molar-refractivity contribution is 0.204. The molecule has 1 aliphatic rings. The lowest BCUT2D eigenvalue weighted by Gasteiger charge is -2.27. The number of nitrogens with one attached hydrogen (secondary N) is 3. The topological polar surface area (TPSA) is 60.2 Å². The lowest BCUT2D eigenvalue weighted by atomic mass is 10.4. The van der Waals surface area contributed by atoms with Crippen molar-refractivity contribution in [1.82, 2.24) is 15.2 Å². The summed E-state index contributed by atoms with van der Waals surface area (Å²) in [7, 11) is 0. The van der Waals surface area contributed by atoms with Crippen LogP contribution in [0.3, 0.4) is 0 Å². The molecule has 3 N–H and O–H groups in total. The van der Waals surface area contributed by atoms with E-state index in [0.717, 1.165) is 32.0 Å². The quantitative estimate of drug-likeness (QED) is 0.608. The molecular weight excluding hydrogens is 180 g/mol. The number of carbonyl (C=O) groups excluding carboxylic acids is 1. The van der Waals surface area contributed by atoms with Gasteiger partial charge in [-0.05, 0) is 12.1 Å². The Kier molecular flexibility index (Phi) is 2.69. The number of anilines is 1. The molecule has 5 nitrogen and oxygen atoms in total. The summed E-state index contributed by atoms with van der Waals surface area (Å²) in [6.07, 6.45) is 1.79. The number of aromatic amines is 1. The Morgan fingerprint density at radius 3 is 2.86 bits per heavy atom. The summed E-state index contributed by atoms with van der Waals surface area (Å²) in [5.41, 5.74) is 0. The van der Waals surface area contributed by atoms with Gasteiger partial charge >= 0.3 is 6.03 Å². The van der Waals surface area contributed by atoms with Crippen molar-refractivity contribution in [2.24, 2.45) is 0 Å². The monoisotopic (exact) mass is 194 g/mol. The third-order valence-electron chi connectivity index (χ3n) is 2.24. The number of piperazine rings is 1. The number of carbonyl (C=O) groups is 1. The molecule has 0 unspecified atom stereocenters. The molecule has 1 aromatic heterocycles. The van der Waals surface area contributed by atoms with Crippen LogP contribution in [0.25, 0.3) is 0 Å². The van der Waals surface area contributed by atoms with E-state index >= 15 is 0 Å². The van der Waals surface area contributed by atoms with Crippen molar-refractivity contribution in [3.05, 3.63) is 18.3 Å². The highest BCUT2D eigenvalue weighted by Crippen LogP contribution is 2.03. The molecule has 0 saturated carbocycles. The Labute approximate surface area is 82.5 Å². The fourth-order valence-electron chi connectivity index (χ4n) is 1.47. The third-order valence-corrected chi connectivity index (χ3v) is 2.24. The Morgan fingerprint density at radius 1 is 1.43 bits per heavy atom. The van der Waals surface area contributed by atoms with Gasteiger partial charge in [0.25, 0.3) is 0 Å². The summed E-state index contributed by atoms with van der Waals surface area (Å²) in [5, 5.41) is 5.99. The molecule has 0 bridgehead atoms. The maximum atomic E-state index is 11.6. The van der Waals surface area contributed by atoms with E-state index in [1.165, 1.54) is 0 Å². The van der Waals surface area contributed by atoms with Crippen molar-refractivity contribution in [3.8, 4) is 0 Å². The largest absolute Gasteiger partial charge is 0.348 e. The van der Waals surface area contributed by atoms with Crippen LogP contribution < -0.4 is 10.6 Å². The number of hydrogen-bond donors (Lipinski definition) is 3. The molecule has 0 radical (unpaired) electrons. The van der Waals surface area contributed by atoms with Gasteiger partial charge in [0.2, 0.25) is 0 Å². The van der Waals surface area contributed by atoms with Crippen LogP contribution in [0.4, 0.5) is 10.6 Å². The molecule has 0 aliphatic carbocycles. The predicted molar refractivity (Wildman–Crippen MR) is 54.3 cm³/mol. The van der Waals surface area contributed by atoms with Crippen LogP contribution >= 0.6 is 0 Å². The molecule has 1 aliphatic heterocycles. The summed E-state index contributed by atoms with van der Waals surface area (Å²) < 4.78 is 0. The van der Waals surface area contributed by atoms with Gasteiger partial charge in [0, 0.05) is 32.4 Å². The van der Waals surface area contributed by atoms with E-state index in [2.05, 4.69) is 15.6 Å². The van der Waals surface area contributed by atoms with E-state index in [1.54, 1.807) is 11.1 Å². The minimum Gasteiger partial charge on any atom is -0.348 e. The van der Waals surface area contributed by atoms with Crippen molar-refractivity contribution >= 4 is 11.8 Å². The van der Waals surface area contributed by atoms with E-state index < -0.39 is 0 Å². The summed E-state index contributed by atoms with van der Waals surface area (Å²) in [6, 6.07) is 3.65. The van der Waals surface area contributed by atoms with Crippen molar-refractivity contribution in [2.45, 2.75) is 0 Å². The zero-order valence-corrected chi connectivity index (χ0v) is 7.92. The first-order valence-corrected chi connectivity index (χ1v) is 4.76. The average molecular weight is 194 g/mol. The van der Waals surface area contributed by atoms with Crippen LogP contribution in [0.15, 0.2) is 18.3 Å². The van der Waals surface area contributed by atoms with Crippen molar-refractivity contribution in [2.75, 3.05) is 31.5 Å². The van der Waals surface area contributed by atoms with Crippen LogP contribution in [0, 0.1) is 0 Å². The van der Waals surface area contributed by atoms with E-state index in [1.807, 2.05) is 12.1 Å². The molecule has 2 heterocycles. The molecule has 0 aromatic carbocycles. The highest BCUT2D eigenvalue weighted by atomic mass is 16.2. The minimum atomic E-state index is -0.0334. The first kappa shape index (κ1) is 9.08. The minimum absolute atomic E-state index is 0.0334. The predicted octanol–water partition coefficient (Wildman–Crippen LogP) is 0.452. The van der Waals surface area contributed by atoms with E-state index in [-0.39, 0.29) is 6.03 Å². The van der Waals surface area contributed by atoms with Crippen LogP contribution in [-0.2, 0) is 0 Å². The number of amides is 2. The van der Waals surface area contributed by atoms with E-state index in [0.29, 0.717) is 0 Å². The normalized spacial score (nSPS) is 16.7. The number of hydrogen-bond acceptors (Lipinski definition) is 2. The zero-order chi connectivity index (χ0) is 9.80. The van der Waals surface area contributed by atoms with E-state index in [4.69, 9.17) is 0 Å². The van der Waals surface area contributed by atoms with Crippen LogP contribution in [-0.4, -0.2) is 42.1 Å². The first-order chi connectivity index (χ1) is 6.86. The van der Waals surface area contributed by atoms with Crippen LogP contribution in [0.1, 0.15) is 0 Å². The molecule has 2 rings (SSSR count). The standard InChI is InChI=1S/C9H14N4O/c14-9(12-8-2-1-3-11-8)13-6-4-10-5-7-13/h1-3,10-11H,4-7H2,(H,12,14). The fourth-order valence-corrected chi connectivity index (χ4v) is 1.47. The van der Waals surface area contributed by atoms with E-state index in [9.17, 15) is 4.79 Å². The maximum absolute atomic E-state index is 11.6. The molecule has 2 amide bonds. The van der Waals surface area contributed by atoms with Gasteiger partial charge in [-0.15, -0.1) is 0 Å². The van der Waals surface area contributed by atoms with Crippen molar-refractivity contribution in [3.63, 3.8) is 0 Å². The second-order valence-corrected chi connectivity index (χ2v) is 3.25. The molecule has 5 heteroatoms. The number of nitrogens with zero attached hydrogens (tertiary/aromatic N) is 1. The molecular formula is C9H14N4O. The van der Waals surface area contributed by atoms with Gasteiger partial charge in [-0.2, -0.15) is 0 Å². The van der Waals surface area contributed by atoms with Crippen molar-refractivity contribution < 1.29 is 4.79 Å². The molecule has 14 heavy (non-hydrogen) atoms. The summed E-state index contributed by atoms with van der Waals surface area (Å²) >= 11 is 0. The molecule has 0 spiro atoms. The second kappa shape index (κ2) is 4.15. The van der Waals surface area contributed by atoms with Crippen LogP contribution in [0.5, 0.6) is 0 Å². The lowest BCUT2D eigenvalue weighted by Crippen LogP contribution is -2.48. The Morgan fingerprint density at radius 2 is 2.21 bits per heavy atom. The van der Waals surface area contributed by atoms with Gasteiger partial charge in [0.15, 0.2) is 0 Å². The number of urea groups is 1. The van der Waals surface area contributed by atoms with Gasteiger partial charge in [-0.3, -0.25) is 5.32 Å². The van der Waals surface area contributed by atoms with Crippen molar-refractivity contribution in [1.29, 1.82) is 0 Å². The smallest absolute Gasteiger partial charge is 0.323 e. The third kappa shape index (κ3) is 2.05. The molecule has 1 aromatic rings. The summed E-state index contributed by atoms with van der Waals surface area (Å²) in [6.45, 7) is 3.29. The van der Waals surface area contributed by atoms with Gasteiger partial charge in [0.1, 0.15) is 5.82 Å². The Balaban J connectivity index is 1.88. The summed E-state index contributed by atoms with van der Waals surface area (Å²) in [4.78, 5) is 16.4. The highest BCUT2D eigenvalue weighted by molar-refractivity contribution is 5.88. The SMILES string of the molecule is O=C(Nc1ccc[nH]1)N1CCNCC1. The molecule has 1 fully saturated rings. The Bertz CT molecular complexity index is 290. The van der Waals surface area contributed by atoms with Gasteiger partial charge in [-0.1, -0.05) is 0 Å². The number of H-pyrrole nitrogens is 1. The van der Waals surface area contributed by atoms with Crippen LogP contribution in [0.2, 0.25) is 0 Å². The van der Waals surface area contributed by atoms with Gasteiger partial charge in [-0.25, -0.2) is 4.79 Å². The zero-order valence-electron chi connectivity index (χ0n) is 7.92. The second-order valence-electron chi connectivity index (χ2n) is 3.25. The number of rotatable bonds is 1. The Hall–Kier alpha value is -1.49. The first-order valence-electron chi connectivity index (χ1n) is 4.76. The fraction of sp³-hybridized carbons (Fsp3) is 0.444. The average Bonchev–Trinajstić information content (AvgIpc) is 2.72. The molecule has 76 valence electrons.